The molecular formula is C22H32INO2S. The van der Waals surface area contributed by atoms with Gasteiger partial charge < -0.3 is 0 Å². The van der Waals surface area contributed by atoms with Gasteiger partial charge in [0, 0.05) is 0 Å². The molecule has 0 amide bonds. The van der Waals surface area contributed by atoms with Gasteiger partial charge in [-0.3, -0.25) is 0 Å². The summed E-state index contributed by atoms with van der Waals surface area (Å²) in [6.45, 7) is 0. The van der Waals surface area contributed by atoms with Crippen molar-refractivity contribution in [3.05, 3.63) is 48.0 Å². The summed E-state index contributed by atoms with van der Waals surface area (Å²) < 4.78 is 6.42. The number of fused-ring (bicyclic) bond motifs is 2. The number of alkyl halides is 3. The van der Waals surface area contributed by atoms with E-state index in [9.17, 15) is 4.79 Å². The second-order valence-corrected chi connectivity index (χ2v) is 14.9. The standard InChI is InChI=1S/C22H32INO2S/c1-23-15-18-13-19(23)14-21(24-27-16-17-9-5-4-6-10-17)20(18)11-7-2-3-8-12-22(25)26/h2,4-7,9-10,18-21,24H,3,8,11-16H2,1H3,(H,25,26)/b7-2-/t18-,19-,20+,21+/m1/s1. The van der Waals surface area contributed by atoms with Crippen molar-refractivity contribution < 1.29 is 9.90 Å². The molecule has 0 radical (unpaired) electrons. The van der Waals surface area contributed by atoms with Gasteiger partial charge >= 0.3 is 176 Å². The van der Waals surface area contributed by atoms with Gasteiger partial charge in [0.15, 0.2) is 0 Å². The summed E-state index contributed by atoms with van der Waals surface area (Å²) in [6, 6.07) is 11.3. The Morgan fingerprint density at radius 1 is 1.30 bits per heavy atom. The molecule has 2 bridgehead atoms. The van der Waals surface area contributed by atoms with Crippen molar-refractivity contribution >= 4 is 37.7 Å². The van der Waals surface area contributed by atoms with Crippen LogP contribution in [0.1, 0.15) is 44.1 Å². The van der Waals surface area contributed by atoms with Crippen LogP contribution in [0, 0.1) is 11.8 Å². The maximum atomic E-state index is 10.6. The van der Waals surface area contributed by atoms with Crippen molar-refractivity contribution in [2.45, 2.75) is 54.2 Å². The molecule has 2 aliphatic rings. The van der Waals surface area contributed by atoms with Crippen LogP contribution in [-0.4, -0.2) is 30.4 Å². The van der Waals surface area contributed by atoms with Crippen LogP contribution in [-0.2, 0) is 10.5 Å². The number of rotatable bonds is 10. The average Bonchev–Trinajstić information content (AvgIpc) is 2.96. The number of carboxylic acid groups (broad SMARTS) is 1. The minimum atomic E-state index is -0.711. The molecule has 5 heteroatoms. The first-order valence-corrected chi connectivity index (χ1v) is 15.9. The van der Waals surface area contributed by atoms with Crippen molar-refractivity contribution in [2.75, 3.05) is 9.36 Å². The molecule has 27 heavy (non-hydrogen) atoms. The molecule has 0 spiro atoms. The Morgan fingerprint density at radius 2 is 2.11 bits per heavy atom. The van der Waals surface area contributed by atoms with Crippen molar-refractivity contribution in [2.24, 2.45) is 11.8 Å². The van der Waals surface area contributed by atoms with E-state index >= 15 is 0 Å². The summed E-state index contributed by atoms with van der Waals surface area (Å²) in [4.78, 5) is 13.2. The molecule has 1 aromatic carbocycles. The summed E-state index contributed by atoms with van der Waals surface area (Å²) in [5.74, 6) is 2.01. The maximum absolute atomic E-state index is 10.6. The number of allylic oxidation sites excluding steroid dienone is 2. The van der Waals surface area contributed by atoms with Crippen LogP contribution in [0.3, 0.4) is 0 Å². The fourth-order valence-electron chi connectivity index (χ4n) is 4.34. The molecule has 150 valence electrons. The third-order valence-corrected chi connectivity index (χ3v) is 13.3. The van der Waals surface area contributed by atoms with Crippen LogP contribution in [0.15, 0.2) is 42.5 Å². The number of benzene rings is 1. The monoisotopic (exact) mass is 501 g/mol. The van der Waals surface area contributed by atoms with E-state index in [1.807, 2.05) is 11.9 Å². The van der Waals surface area contributed by atoms with Gasteiger partial charge in [0.25, 0.3) is 0 Å². The van der Waals surface area contributed by atoms with Crippen LogP contribution in [0.2, 0.25) is 0 Å². The molecule has 3 nitrogen and oxygen atoms in total. The molecular weight excluding hydrogens is 469 g/mol. The Balaban J connectivity index is 1.50. The van der Waals surface area contributed by atoms with Crippen molar-refractivity contribution in [3.8, 4) is 0 Å². The number of carboxylic acids is 1. The van der Waals surface area contributed by atoms with Gasteiger partial charge in [-0.1, -0.05) is 0 Å². The van der Waals surface area contributed by atoms with E-state index in [1.165, 1.54) is 22.8 Å². The first-order valence-electron chi connectivity index (χ1n) is 9.96. The van der Waals surface area contributed by atoms with Gasteiger partial charge in [-0.25, -0.2) is 0 Å². The fraction of sp³-hybridized carbons (Fsp3) is 0.591. The van der Waals surface area contributed by atoms with E-state index < -0.39 is 25.8 Å². The fourth-order valence-corrected chi connectivity index (χ4v) is 11.7. The molecule has 2 N–H and O–H groups in total. The molecule has 0 aromatic heterocycles. The molecule has 1 heterocycles. The molecule has 1 aromatic rings. The Labute approximate surface area is 175 Å². The summed E-state index contributed by atoms with van der Waals surface area (Å²) in [5.41, 5.74) is 1.38. The topological polar surface area (TPSA) is 49.3 Å². The van der Waals surface area contributed by atoms with Crippen molar-refractivity contribution in [1.29, 1.82) is 0 Å². The molecule has 3 rings (SSSR count). The van der Waals surface area contributed by atoms with Gasteiger partial charge in [-0.05, 0) is 0 Å². The molecule has 2 fully saturated rings. The van der Waals surface area contributed by atoms with Crippen molar-refractivity contribution in [3.63, 3.8) is 0 Å². The zero-order chi connectivity index (χ0) is 19.1. The Morgan fingerprint density at radius 3 is 2.89 bits per heavy atom. The number of hydrogen-bond acceptors (Lipinski definition) is 3. The quantitative estimate of drug-likeness (QED) is 0.145. The zero-order valence-electron chi connectivity index (χ0n) is 16.1. The third kappa shape index (κ3) is 6.50. The SMILES string of the molecule is CI1C[C@H]2C[C@@H]1C[C@H](NSCc1ccccc1)[C@H]2C/C=C\CCCC(=O)O. The number of unbranched alkanes of at least 4 members (excludes halogenated alkanes) is 1. The van der Waals surface area contributed by atoms with Crippen LogP contribution < -0.4 is 4.72 Å². The van der Waals surface area contributed by atoms with E-state index in [2.05, 4.69) is 52.1 Å². The number of aliphatic carboxylic acids is 1. The Bertz CT molecular complexity index is 622. The zero-order valence-corrected chi connectivity index (χ0v) is 19.1. The summed E-state index contributed by atoms with van der Waals surface area (Å²) in [7, 11) is 0. The van der Waals surface area contributed by atoms with Crippen LogP contribution in [0.4, 0.5) is 0 Å². The predicted molar refractivity (Wildman–Crippen MR) is 125 cm³/mol. The third-order valence-electron chi connectivity index (χ3n) is 5.81. The molecule has 1 aliphatic heterocycles. The van der Waals surface area contributed by atoms with E-state index in [1.54, 1.807) is 0 Å². The molecule has 4 atom stereocenters. The second kappa shape index (κ2) is 10.9. The van der Waals surface area contributed by atoms with Crippen LogP contribution in [0.25, 0.3) is 0 Å². The number of carbonyl (C=O) groups is 1. The van der Waals surface area contributed by atoms with E-state index in [4.69, 9.17) is 5.11 Å². The first-order chi connectivity index (χ1) is 13.1. The van der Waals surface area contributed by atoms with Crippen LogP contribution in [0.5, 0.6) is 0 Å². The molecule has 1 saturated heterocycles. The first kappa shape index (κ1) is 21.2. The molecule has 0 unspecified atom stereocenters. The van der Waals surface area contributed by atoms with E-state index in [0.29, 0.717) is 6.04 Å². The normalized spacial score (nSPS) is 28.7. The number of nitrogens with one attached hydrogen (secondary N) is 1. The Hall–Kier alpha value is -0.530. The Kier molecular flexibility index (Phi) is 8.52. The molecule has 1 saturated carbocycles. The van der Waals surface area contributed by atoms with Crippen LogP contribution >= 0.6 is 31.8 Å². The van der Waals surface area contributed by atoms with Gasteiger partial charge in [0.05, 0.1) is 0 Å². The number of hydrogen-bond donors (Lipinski definition) is 2. The van der Waals surface area contributed by atoms with Gasteiger partial charge in [-0.15, -0.1) is 0 Å². The van der Waals surface area contributed by atoms with Gasteiger partial charge in [0.2, 0.25) is 0 Å². The summed E-state index contributed by atoms with van der Waals surface area (Å²) in [6.07, 6.45) is 10.5. The summed E-state index contributed by atoms with van der Waals surface area (Å²) >= 11 is 1.17. The molecule has 1 aliphatic carbocycles. The summed E-state index contributed by atoms with van der Waals surface area (Å²) in [5, 5.41) is 8.74. The van der Waals surface area contributed by atoms with E-state index in [-0.39, 0.29) is 6.42 Å². The average molecular weight is 501 g/mol. The predicted octanol–water partition coefficient (Wildman–Crippen LogP) is 5.54. The number of halogens is 1. The second-order valence-electron chi connectivity index (χ2n) is 7.78. The van der Waals surface area contributed by atoms with Gasteiger partial charge in [-0.2, -0.15) is 0 Å². The van der Waals surface area contributed by atoms with Gasteiger partial charge in [0.1, 0.15) is 0 Å². The van der Waals surface area contributed by atoms with E-state index in [0.717, 1.165) is 40.8 Å². The minimum absolute atomic E-state index is 0.280. The van der Waals surface area contributed by atoms with Crippen molar-refractivity contribution in [1.82, 2.24) is 4.72 Å².